The maximum absolute atomic E-state index is 12.9. The number of carbonyl (C=O) groups excluding carboxylic acids is 2. The molecule has 2 N–H and O–H groups in total. The highest BCUT2D eigenvalue weighted by Gasteiger charge is 2.33. The third-order valence-electron chi connectivity index (χ3n) is 3.53. The summed E-state index contributed by atoms with van der Waals surface area (Å²) in [6.45, 7) is 0.0996. The summed E-state index contributed by atoms with van der Waals surface area (Å²) in [5.74, 6) is -0.0928. The molecule has 3 rings (SSSR count). The monoisotopic (exact) mass is 410 g/mol. The van der Waals surface area contributed by atoms with E-state index in [-0.39, 0.29) is 18.0 Å². The van der Waals surface area contributed by atoms with Crippen LogP contribution in [-0.2, 0) is 12.7 Å². The van der Waals surface area contributed by atoms with Gasteiger partial charge in [0.15, 0.2) is 0 Å². The van der Waals surface area contributed by atoms with E-state index >= 15 is 0 Å². The van der Waals surface area contributed by atoms with Crippen LogP contribution in [-0.4, -0.2) is 11.8 Å². The number of hydrogen-bond acceptors (Lipinski definition) is 4. The zero-order chi connectivity index (χ0) is 19.4. The molecule has 140 valence electrons. The zero-order valence-electron chi connectivity index (χ0n) is 13.7. The number of para-hydroxylation sites is 1. The highest BCUT2D eigenvalue weighted by Crippen LogP contribution is 2.34. The topological polar surface area (TPSA) is 58.2 Å². The predicted molar refractivity (Wildman–Crippen MR) is 99.4 cm³/mol. The summed E-state index contributed by atoms with van der Waals surface area (Å²) in [7, 11) is 0. The minimum absolute atomic E-state index is 0.0928. The van der Waals surface area contributed by atoms with Gasteiger partial charge in [0.1, 0.15) is 0 Å². The van der Waals surface area contributed by atoms with Gasteiger partial charge in [0.05, 0.1) is 27.5 Å². The number of benzene rings is 1. The van der Waals surface area contributed by atoms with E-state index < -0.39 is 17.8 Å². The van der Waals surface area contributed by atoms with Crippen molar-refractivity contribution in [2.75, 3.05) is 5.32 Å². The summed E-state index contributed by atoms with van der Waals surface area (Å²) in [6.07, 6.45) is -4.56. The lowest BCUT2D eigenvalue weighted by molar-refractivity contribution is -0.136. The van der Waals surface area contributed by atoms with Gasteiger partial charge in [0.25, 0.3) is 0 Å². The van der Waals surface area contributed by atoms with E-state index in [4.69, 9.17) is 0 Å². The Labute approximate surface area is 160 Å². The van der Waals surface area contributed by atoms with Gasteiger partial charge in [0, 0.05) is 4.88 Å². The van der Waals surface area contributed by atoms with Crippen LogP contribution < -0.4 is 10.6 Å². The molecule has 0 aliphatic heterocycles. The van der Waals surface area contributed by atoms with E-state index in [1.165, 1.54) is 40.9 Å². The summed E-state index contributed by atoms with van der Waals surface area (Å²) < 4.78 is 38.8. The number of rotatable bonds is 5. The SMILES string of the molecule is O=C(NCc1ccc(C(=O)c2cccs2)s1)Nc1ccccc1C(F)(F)F. The van der Waals surface area contributed by atoms with Crippen LogP contribution in [0.2, 0.25) is 0 Å². The van der Waals surface area contributed by atoms with Gasteiger partial charge in [-0.15, -0.1) is 22.7 Å². The molecule has 0 atom stereocenters. The third-order valence-corrected chi connectivity index (χ3v) is 5.49. The highest BCUT2D eigenvalue weighted by molar-refractivity contribution is 7.16. The molecule has 3 aromatic rings. The van der Waals surface area contributed by atoms with Crippen LogP contribution in [0.5, 0.6) is 0 Å². The van der Waals surface area contributed by atoms with Gasteiger partial charge < -0.3 is 10.6 Å². The van der Waals surface area contributed by atoms with Crippen LogP contribution >= 0.6 is 22.7 Å². The molecule has 2 amide bonds. The van der Waals surface area contributed by atoms with E-state index in [1.807, 2.05) is 5.38 Å². The minimum atomic E-state index is -4.56. The number of ketones is 1. The van der Waals surface area contributed by atoms with E-state index in [0.29, 0.717) is 14.6 Å². The molecule has 2 heterocycles. The number of anilines is 1. The van der Waals surface area contributed by atoms with Gasteiger partial charge in [-0.25, -0.2) is 4.79 Å². The van der Waals surface area contributed by atoms with Crippen LogP contribution in [0.3, 0.4) is 0 Å². The molecule has 27 heavy (non-hydrogen) atoms. The lowest BCUT2D eigenvalue weighted by Crippen LogP contribution is -2.28. The molecule has 0 saturated carbocycles. The summed E-state index contributed by atoms with van der Waals surface area (Å²) in [5, 5.41) is 6.52. The maximum Gasteiger partial charge on any atom is 0.418 e. The van der Waals surface area contributed by atoms with Gasteiger partial charge in [-0.2, -0.15) is 13.2 Å². The van der Waals surface area contributed by atoms with Crippen LogP contribution in [0, 0.1) is 0 Å². The highest BCUT2D eigenvalue weighted by atomic mass is 32.1. The van der Waals surface area contributed by atoms with Crippen LogP contribution in [0.4, 0.5) is 23.7 Å². The van der Waals surface area contributed by atoms with Crippen molar-refractivity contribution < 1.29 is 22.8 Å². The van der Waals surface area contributed by atoms with Crippen LogP contribution in [0.15, 0.2) is 53.9 Å². The molecule has 1 aromatic carbocycles. The Balaban J connectivity index is 1.60. The molecule has 9 heteroatoms. The summed E-state index contributed by atoms with van der Waals surface area (Å²) >= 11 is 2.57. The first kappa shape index (κ1) is 19.1. The molecule has 0 fully saturated rings. The number of carbonyl (C=O) groups is 2. The second-order valence-electron chi connectivity index (χ2n) is 5.42. The van der Waals surface area contributed by atoms with Gasteiger partial charge in [0.2, 0.25) is 5.78 Å². The van der Waals surface area contributed by atoms with Crippen molar-refractivity contribution in [2.45, 2.75) is 12.7 Å². The van der Waals surface area contributed by atoms with Gasteiger partial charge in [-0.05, 0) is 35.7 Å². The van der Waals surface area contributed by atoms with Crippen molar-refractivity contribution >= 4 is 40.2 Å². The fourth-order valence-electron chi connectivity index (χ4n) is 2.30. The molecule has 0 radical (unpaired) electrons. The van der Waals surface area contributed by atoms with Gasteiger partial charge in [-0.3, -0.25) is 4.79 Å². The average Bonchev–Trinajstić information content (AvgIpc) is 3.31. The average molecular weight is 410 g/mol. The lowest BCUT2D eigenvalue weighted by Gasteiger charge is -2.13. The van der Waals surface area contributed by atoms with E-state index in [9.17, 15) is 22.8 Å². The maximum atomic E-state index is 12.9. The number of amides is 2. The second kappa shape index (κ2) is 7.93. The number of thiophene rings is 2. The van der Waals surface area contributed by atoms with Gasteiger partial charge in [-0.1, -0.05) is 18.2 Å². The first-order chi connectivity index (χ1) is 12.8. The quantitative estimate of drug-likeness (QED) is 0.555. The number of halogens is 3. The molecule has 0 spiro atoms. The van der Waals surface area contributed by atoms with Crippen molar-refractivity contribution in [3.63, 3.8) is 0 Å². The minimum Gasteiger partial charge on any atom is -0.333 e. The first-order valence-electron chi connectivity index (χ1n) is 7.72. The molecule has 0 aliphatic carbocycles. The van der Waals surface area contributed by atoms with Crippen molar-refractivity contribution in [2.24, 2.45) is 0 Å². The van der Waals surface area contributed by atoms with E-state index in [0.717, 1.165) is 6.07 Å². The summed E-state index contributed by atoms with van der Waals surface area (Å²) in [4.78, 5) is 26.1. The Bertz CT molecular complexity index is 950. The normalized spacial score (nSPS) is 11.2. The fourth-order valence-corrected chi connectivity index (χ4v) is 3.94. The van der Waals surface area contributed by atoms with Gasteiger partial charge >= 0.3 is 12.2 Å². The third kappa shape index (κ3) is 4.75. The number of urea groups is 1. The standard InChI is InChI=1S/C18H13F3N2O2S2/c19-18(20,21)12-4-1-2-5-13(12)23-17(25)22-10-11-7-8-15(27-11)16(24)14-6-3-9-26-14/h1-9H,10H2,(H2,22,23,25). The first-order valence-corrected chi connectivity index (χ1v) is 9.42. The van der Waals surface area contributed by atoms with Crippen LogP contribution in [0.25, 0.3) is 0 Å². The lowest BCUT2D eigenvalue weighted by atomic mass is 10.1. The van der Waals surface area contributed by atoms with Crippen LogP contribution in [0.1, 0.15) is 25.0 Å². The summed E-state index contributed by atoms with van der Waals surface area (Å²) in [5.41, 5.74) is -1.23. The number of alkyl halides is 3. The van der Waals surface area contributed by atoms with Crippen molar-refractivity contribution in [1.29, 1.82) is 0 Å². The molecule has 0 aliphatic rings. The van der Waals surface area contributed by atoms with Crippen molar-refractivity contribution in [3.8, 4) is 0 Å². The Morgan fingerprint density at radius 2 is 1.74 bits per heavy atom. The largest absolute Gasteiger partial charge is 0.418 e. The molecular formula is C18H13F3N2O2S2. The zero-order valence-corrected chi connectivity index (χ0v) is 15.3. The summed E-state index contributed by atoms with van der Waals surface area (Å²) in [6, 6.07) is 10.9. The Kier molecular flexibility index (Phi) is 5.62. The van der Waals surface area contributed by atoms with E-state index in [1.54, 1.807) is 24.3 Å². The van der Waals surface area contributed by atoms with E-state index in [2.05, 4.69) is 10.6 Å². The number of hydrogen-bond donors (Lipinski definition) is 2. The van der Waals surface area contributed by atoms with Crippen molar-refractivity contribution in [3.05, 3.63) is 74.1 Å². The number of nitrogens with one attached hydrogen (secondary N) is 2. The Morgan fingerprint density at radius 1 is 0.963 bits per heavy atom. The molecular weight excluding hydrogens is 397 g/mol. The molecule has 4 nitrogen and oxygen atoms in total. The molecule has 0 bridgehead atoms. The second-order valence-corrected chi connectivity index (χ2v) is 7.54. The Hall–Kier alpha value is -2.65. The fraction of sp³-hybridized carbons (Fsp3) is 0.111. The predicted octanol–water partition coefficient (Wildman–Crippen LogP) is 5.38. The van der Waals surface area contributed by atoms with Crippen molar-refractivity contribution in [1.82, 2.24) is 5.32 Å². The smallest absolute Gasteiger partial charge is 0.333 e. The molecule has 0 unspecified atom stereocenters. The molecule has 2 aromatic heterocycles. The Morgan fingerprint density at radius 3 is 2.44 bits per heavy atom. The molecule has 0 saturated heterocycles.